The summed E-state index contributed by atoms with van der Waals surface area (Å²) in [6, 6.07) is 33.3. The standard InChI is InChI=1S/C22H16BN/c23-18-13-15-20(16-14-18)24(19-9-2-1-3-10-19)22-12-6-8-17-7-4-5-11-21(17)22/h1-16H. The number of rotatable bonds is 3. The molecule has 0 fully saturated rings. The van der Waals surface area contributed by atoms with Gasteiger partial charge in [-0.1, -0.05) is 72.2 Å². The molecule has 0 saturated carbocycles. The fourth-order valence-corrected chi connectivity index (χ4v) is 3.03. The third kappa shape index (κ3) is 2.67. The molecule has 2 heteroatoms. The van der Waals surface area contributed by atoms with Crippen molar-refractivity contribution in [3.8, 4) is 0 Å². The van der Waals surface area contributed by atoms with E-state index < -0.39 is 0 Å². The van der Waals surface area contributed by atoms with E-state index in [2.05, 4.69) is 83.8 Å². The molecule has 0 unspecified atom stereocenters. The summed E-state index contributed by atoms with van der Waals surface area (Å²) in [4.78, 5) is 2.27. The number of fused-ring (bicyclic) bond motifs is 1. The van der Waals surface area contributed by atoms with Crippen molar-refractivity contribution in [3.63, 3.8) is 0 Å². The normalized spacial score (nSPS) is 10.7. The highest BCUT2D eigenvalue weighted by molar-refractivity contribution is 6.32. The third-order valence-corrected chi connectivity index (χ3v) is 4.17. The van der Waals surface area contributed by atoms with Gasteiger partial charge in [-0.05, 0) is 35.7 Å². The Kier molecular flexibility index (Phi) is 3.80. The molecule has 0 aromatic heterocycles. The zero-order chi connectivity index (χ0) is 16.4. The van der Waals surface area contributed by atoms with Crippen molar-refractivity contribution in [1.29, 1.82) is 0 Å². The minimum Gasteiger partial charge on any atom is -0.310 e. The second kappa shape index (κ2) is 6.25. The number of para-hydroxylation sites is 1. The van der Waals surface area contributed by atoms with Crippen molar-refractivity contribution in [2.24, 2.45) is 0 Å². The summed E-state index contributed by atoms with van der Waals surface area (Å²) in [5.74, 6) is 0. The van der Waals surface area contributed by atoms with E-state index in [4.69, 9.17) is 7.85 Å². The minimum atomic E-state index is 0.768. The molecular weight excluding hydrogens is 289 g/mol. The van der Waals surface area contributed by atoms with Gasteiger partial charge >= 0.3 is 0 Å². The first-order valence-corrected chi connectivity index (χ1v) is 8.01. The molecule has 4 aromatic rings. The Labute approximate surface area is 143 Å². The van der Waals surface area contributed by atoms with Gasteiger partial charge in [0, 0.05) is 16.8 Å². The van der Waals surface area contributed by atoms with Gasteiger partial charge in [0.2, 0.25) is 0 Å². The van der Waals surface area contributed by atoms with Gasteiger partial charge in [-0.2, -0.15) is 0 Å². The molecule has 0 saturated heterocycles. The summed E-state index contributed by atoms with van der Waals surface area (Å²) in [6.45, 7) is 0. The average Bonchev–Trinajstić information content (AvgIpc) is 2.65. The van der Waals surface area contributed by atoms with E-state index >= 15 is 0 Å². The van der Waals surface area contributed by atoms with E-state index in [1.165, 1.54) is 10.8 Å². The molecule has 0 aliphatic carbocycles. The highest BCUT2D eigenvalue weighted by Crippen LogP contribution is 2.38. The van der Waals surface area contributed by atoms with Crippen LogP contribution in [0.25, 0.3) is 10.8 Å². The predicted octanol–water partition coefficient (Wildman–Crippen LogP) is 5.10. The van der Waals surface area contributed by atoms with Gasteiger partial charge < -0.3 is 4.90 Å². The molecule has 0 N–H and O–H groups in total. The fourth-order valence-electron chi connectivity index (χ4n) is 3.03. The second-order valence-corrected chi connectivity index (χ2v) is 5.76. The van der Waals surface area contributed by atoms with Crippen LogP contribution in [0.1, 0.15) is 0 Å². The van der Waals surface area contributed by atoms with Crippen LogP contribution < -0.4 is 10.4 Å². The lowest BCUT2D eigenvalue weighted by Crippen LogP contribution is -2.11. The van der Waals surface area contributed by atoms with E-state index in [1.54, 1.807) is 0 Å². The number of anilines is 3. The van der Waals surface area contributed by atoms with E-state index in [-0.39, 0.29) is 0 Å². The van der Waals surface area contributed by atoms with Crippen molar-refractivity contribution in [2.45, 2.75) is 0 Å². The van der Waals surface area contributed by atoms with Crippen LogP contribution in [0.2, 0.25) is 0 Å². The highest BCUT2D eigenvalue weighted by Gasteiger charge is 2.14. The van der Waals surface area contributed by atoms with Crippen molar-refractivity contribution in [1.82, 2.24) is 0 Å². The molecule has 1 nitrogen and oxygen atoms in total. The Morgan fingerprint density at radius 2 is 1.17 bits per heavy atom. The van der Waals surface area contributed by atoms with Gasteiger partial charge in [-0.15, -0.1) is 0 Å². The summed E-state index contributed by atoms with van der Waals surface area (Å²) in [5, 5.41) is 2.45. The summed E-state index contributed by atoms with van der Waals surface area (Å²) in [6.07, 6.45) is 0. The molecule has 0 spiro atoms. The molecule has 0 heterocycles. The van der Waals surface area contributed by atoms with E-state index in [0.717, 1.165) is 22.5 Å². The molecule has 0 bridgehead atoms. The lowest BCUT2D eigenvalue weighted by Gasteiger charge is -2.27. The van der Waals surface area contributed by atoms with Gasteiger partial charge in [0.1, 0.15) is 7.85 Å². The van der Waals surface area contributed by atoms with Crippen molar-refractivity contribution in [2.75, 3.05) is 4.90 Å². The summed E-state index contributed by atoms with van der Waals surface area (Å²) < 4.78 is 0. The molecule has 4 aromatic carbocycles. The van der Waals surface area contributed by atoms with Crippen LogP contribution >= 0.6 is 0 Å². The minimum absolute atomic E-state index is 0.768. The number of hydrogen-bond donors (Lipinski definition) is 0. The topological polar surface area (TPSA) is 3.24 Å². The van der Waals surface area contributed by atoms with Crippen LogP contribution in [0.15, 0.2) is 97.1 Å². The summed E-state index contributed by atoms with van der Waals surface area (Å²) >= 11 is 0. The van der Waals surface area contributed by atoms with Gasteiger partial charge in [-0.3, -0.25) is 0 Å². The Morgan fingerprint density at radius 1 is 0.542 bits per heavy atom. The molecule has 0 amide bonds. The smallest absolute Gasteiger partial charge is 0.113 e. The highest BCUT2D eigenvalue weighted by atomic mass is 15.1. The van der Waals surface area contributed by atoms with Crippen molar-refractivity contribution >= 4 is 41.1 Å². The lowest BCUT2D eigenvalue weighted by molar-refractivity contribution is 1.30. The average molecular weight is 305 g/mol. The van der Waals surface area contributed by atoms with Gasteiger partial charge in [-0.25, -0.2) is 0 Å². The Morgan fingerprint density at radius 3 is 1.96 bits per heavy atom. The Bertz CT molecular complexity index is 957. The van der Waals surface area contributed by atoms with Crippen LogP contribution in [0.4, 0.5) is 17.1 Å². The largest absolute Gasteiger partial charge is 0.310 e. The summed E-state index contributed by atoms with van der Waals surface area (Å²) in [7, 11) is 5.88. The van der Waals surface area contributed by atoms with E-state index in [0.29, 0.717) is 0 Å². The Balaban J connectivity index is 1.97. The van der Waals surface area contributed by atoms with Crippen molar-refractivity contribution in [3.05, 3.63) is 97.1 Å². The van der Waals surface area contributed by atoms with Crippen LogP contribution in [-0.2, 0) is 0 Å². The maximum atomic E-state index is 5.88. The number of nitrogens with zero attached hydrogens (tertiary/aromatic N) is 1. The fraction of sp³-hybridized carbons (Fsp3) is 0. The zero-order valence-electron chi connectivity index (χ0n) is 13.3. The number of hydrogen-bond acceptors (Lipinski definition) is 1. The first-order chi connectivity index (χ1) is 11.8. The quantitative estimate of drug-likeness (QED) is 0.476. The predicted molar refractivity (Wildman–Crippen MR) is 104 cm³/mol. The molecular formula is C22H16BN. The van der Waals surface area contributed by atoms with E-state index in [1.807, 2.05) is 18.2 Å². The van der Waals surface area contributed by atoms with Gasteiger partial charge in [0.05, 0.1) is 5.69 Å². The Hall–Kier alpha value is -3.00. The van der Waals surface area contributed by atoms with Gasteiger partial charge in [0.25, 0.3) is 0 Å². The monoisotopic (exact) mass is 305 g/mol. The maximum absolute atomic E-state index is 5.88. The molecule has 0 aliphatic rings. The first kappa shape index (κ1) is 14.6. The number of benzene rings is 4. The zero-order valence-corrected chi connectivity index (χ0v) is 13.3. The lowest BCUT2D eigenvalue weighted by atomic mass is 9.96. The van der Waals surface area contributed by atoms with Crippen molar-refractivity contribution < 1.29 is 0 Å². The molecule has 4 rings (SSSR count). The SMILES string of the molecule is [B]c1ccc(N(c2ccccc2)c2cccc3ccccc23)cc1. The van der Waals surface area contributed by atoms with Gasteiger partial charge in [0.15, 0.2) is 0 Å². The molecule has 0 aliphatic heterocycles. The maximum Gasteiger partial charge on any atom is 0.113 e. The second-order valence-electron chi connectivity index (χ2n) is 5.76. The van der Waals surface area contributed by atoms with Crippen LogP contribution in [0, 0.1) is 0 Å². The molecule has 24 heavy (non-hydrogen) atoms. The molecule has 0 atom stereocenters. The summed E-state index contributed by atoms with van der Waals surface area (Å²) in [5.41, 5.74) is 4.14. The van der Waals surface area contributed by atoms with Crippen LogP contribution in [0.5, 0.6) is 0 Å². The van der Waals surface area contributed by atoms with Crippen LogP contribution in [-0.4, -0.2) is 7.85 Å². The third-order valence-electron chi connectivity index (χ3n) is 4.17. The molecule has 112 valence electrons. The van der Waals surface area contributed by atoms with Crippen LogP contribution in [0.3, 0.4) is 0 Å². The van der Waals surface area contributed by atoms with E-state index in [9.17, 15) is 0 Å². The first-order valence-electron chi connectivity index (χ1n) is 8.01. The molecule has 2 radical (unpaired) electrons.